The molecule has 0 saturated carbocycles. The predicted octanol–water partition coefficient (Wildman–Crippen LogP) is 2.12. The van der Waals surface area contributed by atoms with Crippen molar-refractivity contribution in [2.45, 2.75) is 38.8 Å². The first-order valence-electron chi connectivity index (χ1n) is 9.26. The van der Waals surface area contributed by atoms with Gasteiger partial charge in [0.15, 0.2) is 17.0 Å². The van der Waals surface area contributed by atoms with Crippen LogP contribution < -0.4 is 4.90 Å². The number of likely N-dealkylation sites (N-methyl/N-ethyl adjacent to an activating group) is 1. The van der Waals surface area contributed by atoms with Crippen LogP contribution in [0.3, 0.4) is 0 Å². The van der Waals surface area contributed by atoms with Crippen LogP contribution in [0.15, 0.2) is 36.9 Å². The Hall–Kier alpha value is -2.51. The molecule has 7 nitrogen and oxygen atoms in total. The summed E-state index contributed by atoms with van der Waals surface area (Å²) in [7, 11) is 2.03. The fourth-order valence-electron chi connectivity index (χ4n) is 3.32. The van der Waals surface area contributed by atoms with E-state index in [4.69, 9.17) is 0 Å². The van der Waals surface area contributed by atoms with E-state index < -0.39 is 6.04 Å². The number of hydrogen-bond donors (Lipinski definition) is 2. The number of nitrogens with zero attached hydrogens (tertiary/aromatic N) is 5. The first-order chi connectivity index (χ1) is 13.1. The molecule has 0 bridgehead atoms. The van der Waals surface area contributed by atoms with Gasteiger partial charge in [-0.25, -0.2) is 15.0 Å². The van der Waals surface area contributed by atoms with Crippen molar-refractivity contribution < 1.29 is 10.2 Å². The topological polar surface area (TPSA) is 87.3 Å². The molecule has 144 valence electrons. The van der Waals surface area contributed by atoms with Crippen LogP contribution >= 0.6 is 0 Å². The van der Waals surface area contributed by atoms with Crippen molar-refractivity contribution in [2.24, 2.45) is 0 Å². The van der Waals surface area contributed by atoms with Gasteiger partial charge in [-0.3, -0.25) is 0 Å². The first-order valence-corrected chi connectivity index (χ1v) is 9.26. The summed E-state index contributed by atoms with van der Waals surface area (Å²) in [6.45, 7) is 3.90. The summed E-state index contributed by atoms with van der Waals surface area (Å²) < 4.78 is 1.70. The van der Waals surface area contributed by atoms with Crippen LogP contribution in [0.25, 0.3) is 11.2 Å². The number of aliphatic hydroxyl groups is 2. The van der Waals surface area contributed by atoms with Crippen LogP contribution in [-0.2, 0) is 6.42 Å². The van der Waals surface area contributed by atoms with Crippen molar-refractivity contribution in [1.29, 1.82) is 0 Å². The molecule has 3 aromatic rings. The van der Waals surface area contributed by atoms with Crippen molar-refractivity contribution in [2.75, 3.05) is 25.2 Å². The number of aliphatic hydroxyl groups excluding tert-OH is 2. The molecule has 2 heterocycles. The lowest BCUT2D eigenvalue weighted by molar-refractivity contribution is 0.156. The average Bonchev–Trinajstić information content (AvgIpc) is 3.12. The van der Waals surface area contributed by atoms with Crippen molar-refractivity contribution in [3.05, 3.63) is 48.0 Å². The average molecular weight is 369 g/mol. The molecule has 0 saturated heterocycles. The number of imidazole rings is 1. The second-order valence-electron chi connectivity index (χ2n) is 6.90. The predicted molar refractivity (Wildman–Crippen MR) is 106 cm³/mol. The van der Waals surface area contributed by atoms with E-state index in [2.05, 4.69) is 58.0 Å². The van der Waals surface area contributed by atoms with Gasteiger partial charge in [0.2, 0.25) is 0 Å². The molecule has 0 amide bonds. The van der Waals surface area contributed by atoms with Gasteiger partial charge in [0.25, 0.3) is 0 Å². The quantitative estimate of drug-likeness (QED) is 0.632. The maximum absolute atomic E-state index is 9.48. The van der Waals surface area contributed by atoms with Gasteiger partial charge >= 0.3 is 0 Å². The molecule has 0 fully saturated rings. The Morgan fingerprint density at radius 1 is 1.07 bits per heavy atom. The molecule has 7 heteroatoms. The van der Waals surface area contributed by atoms with Crippen LogP contribution in [0.5, 0.6) is 0 Å². The molecule has 1 unspecified atom stereocenters. The third-order valence-corrected chi connectivity index (χ3v) is 5.10. The molecule has 27 heavy (non-hydrogen) atoms. The molecule has 0 aliphatic rings. The first kappa shape index (κ1) is 19.3. The van der Waals surface area contributed by atoms with Crippen molar-refractivity contribution >= 4 is 17.0 Å². The molecular weight excluding hydrogens is 342 g/mol. The highest BCUT2D eigenvalue weighted by Crippen LogP contribution is 2.26. The molecule has 2 N–H and O–H groups in total. The van der Waals surface area contributed by atoms with Crippen LogP contribution in [0.2, 0.25) is 0 Å². The molecule has 0 radical (unpaired) electrons. The van der Waals surface area contributed by atoms with Gasteiger partial charge in [0, 0.05) is 13.1 Å². The van der Waals surface area contributed by atoms with Crippen LogP contribution in [0, 0.1) is 6.92 Å². The second-order valence-corrected chi connectivity index (χ2v) is 6.90. The number of anilines is 1. The number of hydrogen-bond acceptors (Lipinski definition) is 6. The third kappa shape index (κ3) is 3.94. The standard InChI is InChI=1S/C20H27N5O2/c1-4-16(9-15-7-5-14(2)6-8-15)24(3)19-18-20(22-12-21-19)25(13-23-18)17(10-26)11-27/h5-8,12-13,16-17,26-27H,4,9-11H2,1-3H3. The van der Waals surface area contributed by atoms with Gasteiger partial charge in [-0.15, -0.1) is 0 Å². The molecule has 0 spiro atoms. The Morgan fingerprint density at radius 2 is 1.78 bits per heavy atom. The largest absolute Gasteiger partial charge is 0.394 e. The van der Waals surface area contributed by atoms with Gasteiger partial charge in [-0.1, -0.05) is 36.8 Å². The van der Waals surface area contributed by atoms with Gasteiger partial charge in [0.1, 0.15) is 6.33 Å². The molecule has 0 aliphatic heterocycles. The van der Waals surface area contributed by atoms with E-state index in [-0.39, 0.29) is 19.3 Å². The summed E-state index contributed by atoms with van der Waals surface area (Å²) in [5.41, 5.74) is 3.83. The fraction of sp³-hybridized carbons (Fsp3) is 0.450. The second kappa shape index (κ2) is 8.45. The molecule has 2 aromatic heterocycles. The molecule has 3 rings (SSSR count). The summed E-state index contributed by atoms with van der Waals surface area (Å²) in [6.07, 6.45) is 4.99. The zero-order valence-electron chi connectivity index (χ0n) is 16.1. The Balaban J connectivity index is 1.91. The summed E-state index contributed by atoms with van der Waals surface area (Å²) in [5, 5.41) is 19.0. The zero-order valence-corrected chi connectivity index (χ0v) is 16.1. The lowest BCUT2D eigenvalue weighted by atomic mass is 10.0. The number of aryl methyl sites for hydroxylation is 1. The Labute approximate surface area is 159 Å². The fourth-order valence-corrected chi connectivity index (χ4v) is 3.32. The minimum atomic E-state index is -0.461. The van der Waals surface area contributed by atoms with Gasteiger partial charge in [-0.2, -0.15) is 0 Å². The monoisotopic (exact) mass is 369 g/mol. The highest BCUT2D eigenvalue weighted by atomic mass is 16.3. The van der Waals surface area contributed by atoms with Crippen LogP contribution in [0.4, 0.5) is 5.82 Å². The maximum atomic E-state index is 9.48. The van der Waals surface area contributed by atoms with E-state index in [9.17, 15) is 10.2 Å². The van der Waals surface area contributed by atoms with Gasteiger partial charge < -0.3 is 19.7 Å². The van der Waals surface area contributed by atoms with Crippen LogP contribution in [-0.4, -0.2) is 56.0 Å². The number of fused-ring (bicyclic) bond motifs is 1. The van der Waals surface area contributed by atoms with E-state index in [1.807, 2.05) is 7.05 Å². The summed E-state index contributed by atoms with van der Waals surface area (Å²) >= 11 is 0. The van der Waals surface area contributed by atoms with E-state index in [1.165, 1.54) is 17.5 Å². The normalized spacial score (nSPS) is 12.7. The zero-order chi connectivity index (χ0) is 19.4. The lowest BCUT2D eigenvalue weighted by Crippen LogP contribution is -2.34. The summed E-state index contributed by atoms with van der Waals surface area (Å²) in [5.74, 6) is 0.757. The Morgan fingerprint density at radius 3 is 2.41 bits per heavy atom. The molecular formula is C20H27N5O2. The number of rotatable bonds is 8. The molecule has 1 aromatic carbocycles. The smallest absolute Gasteiger partial charge is 0.165 e. The maximum Gasteiger partial charge on any atom is 0.165 e. The van der Waals surface area contributed by atoms with Gasteiger partial charge in [-0.05, 0) is 25.3 Å². The van der Waals surface area contributed by atoms with Gasteiger partial charge in [0.05, 0.1) is 25.6 Å². The summed E-state index contributed by atoms with van der Waals surface area (Å²) in [6, 6.07) is 8.42. The van der Waals surface area contributed by atoms with Crippen molar-refractivity contribution in [3.63, 3.8) is 0 Å². The Bertz CT molecular complexity index is 874. The highest BCUT2D eigenvalue weighted by molar-refractivity contribution is 5.83. The number of aromatic nitrogens is 4. The molecule has 0 aliphatic carbocycles. The third-order valence-electron chi connectivity index (χ3n) is 5.10. The Kier molecular flexibility index (Phi) is 6.03. The lowest BCUT2D eigenvalue weighted by Gasteiger charge is -2.28. The molecule has 1 atom stereocenters. The minimum absolute atomic E-state index is 0.178. The van der Waals surface area contributed by atoms with Crippen molar-refractivity contribution in [1.82, 2.24) is 19.5 Å². The number of benzene rings is 1. The SMILES string of the molecule is CCC(Cc1ccc(C)cc1)N(C)c1ncnc2c1ncn2C(CO)CO. The van der Waals surface area contributed by atoms with E-state index in [0.29, 0.717) is 11.2 Å². The van der Waals surface area contributed by atoms with E-state index in [1.54, 1.807) is 10.9 Å². The van der Waals surface area contributed by atoms with Crippen molar-refractivity contribution in [3.8, 4) is 0 Å². The highest BCUT2D eigenvalue weighted by Gasteiger charge is 2.21. The van der Waals surface area contributed by atoms with E-state index in [0.717, 1.165) is 18.7 Å². The van der Waals surface area contributed by atoms with E-state index >= 15 is 0 Å². The summed E-state index contributed by atoms with van der Waals surface area (Å²) in [4.78, 5) is 15.4. The van der Waals surface area contributed by atoms with Crippen LogP contribution in [0.1, 0.15) is 30.5 Å². The minimum Gasteiger partial charge on any atom is -0.394 e.